The van der Waals surface area contributed by atoms with Gasteiger partial charge in [-0.25, -0.2) is 0 Å². The van der Waals surface area contributed by atoms with E-state index >= 15 is 0 Å². The molecule has 0 rings (SSSR count). The lowest BCUT2D eigenvalue weighted by Gasteiger charge is -1.83. The van der Waals surface area contributed by atoms with E-state index in [4.69, 9.17) is 0 Å². The van der Waals surface area contributed by atoms with E-state index in [0.29, 0.717) is 0 Å². The summed E-state index contributed by atoms with van der Waals surface area (Å²) in [6.07, 6.45) is 13.6. The molecule has 0 nitrogen and oxygen atoms in total. The molecular formula is C10H18. The molecule has 0 spiro atoms. The maximum absolute atomic E-state index is 2.25. The molecule has 0 aromatic heterocycles. The molecule has 0 aromatic carbocycles. The molecule has 0 radical (unpaired) electrons. The van der Waals surface area contributed by atoms with Gasteiger partial charge in [-0.05, 0) is 19.3 Å². The van der Waals surface area contributed by atoms with Crippen LogP contribution in [-0.2, 0) is 0 Å². The molecule has 0 heteroatoms. The Morgan fingerprint density at radius 2 is 1.60 bits per heavy atom. The smallest absolute Gasteiger partial charge is 0.0169 e. The van der Waals surface area contributed by atoms with E-state index in [9.17, 15) is 0 Å². The van der Waals surface area contributed by atoms with Crippen molar-refractivity contribution in [2.24, 2.45) is 0 Å². The molecule has 0 aliphatic heterocycles. The fraction of sp³-hybridized carbons (Fsp3) is 0.600. The Morgan fingerprint density at radius 1 is 0.900 bits per heavy atom. The Labute approximate surface area is 64.6 Å². The molecule has 0 aliphatic rings. The summed E-state index contributed by atoms with van der Waals surface area (Å²) in [4.78, 5) is 0. The third-order valence-electron chi connectivity index (χ3n) is 1.30. The van der Waals surface area contributed by atoms with Gasteiger partial charge in [0.2, 0.25) is 0 Å². The number of allylic oxidation sites excluding steroid dienone is 4. The SMILES string of the molecule is CCC=CCC=CCCC. The molecule has 0 heterocycles. The molecule has 0 saturated carbocycles. The molecule has 58 valence electrons. The Balaban J connectivity index is 3.09. The van der Waals surface area contributed by atoms with Crippen molar-refractivity contribution in [2.45, 2.75) is 39.5 Å². The minimum absolute atomic E-state index is 1.10. The highest BCUT2D eigenvalue weighted by Crippen LogP contribution is 1.92. The summed E-state index contributed by atoms with van der Waals surface area (Å²) in [5.41, 5.74) is 0. The van der Waals surface area contributed by atoms with E-state index in [1.54, 1.807) is 0 Å². The van der Waals surface area contributed by atoms with Crippen molar-refractivity contribution < 1.29 is 0 Å². The van der Waals surface area contributed by atoms with Crippen LogP contribution in [0.25, 0.3) is 0 Å². The number of hydrogen-bond acceptors (Lipinski definition) is 0. The van der Waals surface area contributed by atoms with E-state index < -0.39 is 0 Å². The second-order valence-corrected chi connectivity index (χ2v) is 2.38. The Kier molecular flexibility index (Phi) is 8.04. The summed E-state index contributed by atoms with van der Waals surface area (Å²) < 4.78 is 0. The molecule has 10 heavy (non-hydrogen) atoms. The van der Waals surface area contributed by atoms with Gasteiger partial charge in [0.05, 0.1) is 0 Å². The molecule has 0 aliphatic carbocycles. The first kappa shape index (κ1) is 9.48. The van der Waals surface area contributed by atoms with Crippen LogP contribution in [0.2, 0.25) is 0 Å². The normalized spacial score (nSPS) is 11.8. The summed E-state index contributed by atoms with van der Waals surface area (Å²) in [7, 11) is 0. The predicted octanol–water partition coefficient (Wildman–Crippen LogP) is 3.70. The highest BCUT2D eigenvalue weighted by molar-refractivity contribution is 4.91. The van der Waals surface area contributed by atoms with Crippen LogP contribution in [0.5, 0.6) is 0 Å². The second kappa shape index (κ2) is 8.48. The van der Waals surface area contributed by atoms with Crippen molar-refractivity contribution in [3.8, 4) is 0 Å². The maximum Gasteiger partial charge on any atom is -0.0169 e. The number of hydrogen-bond donors (Lipinski definition) is 0. The monoisotopic (exact) mass is 138 g/mol. The summed E-state index contributed by atoms with van der Waals surface area (Å²) in [6, 6.07) is 0. The second-order valence-electron chi connectivity index (χ2n) is 2.38. The molecule has 0 amide bonds. The first-order valence-corrected chi connectivity index (χ1v) is 4.21. The summed E-state index contributed by atoms with van der Waals surface area (Å²) >= 11 is 0. The Hall–Kier alpha value is -0.520. The Morgan fingerprint density at radius 3 is 2.20 bits per heavy atom. The summed E-state index contributed by atoms with van der Waals surface area (Å²) in [5, 5.41) is 0. The van der Waals surface area contributed by atoms with Crippen molar-refractivity contribution in [3.05, 3.63) is 24.3 Å². The highest BCUT2D eigenvalue weighted by atomic mass is 13.8. The predicted molar refractivity (Wildman–Crippen MR) is 48.1 cm³/mol. The minimum Gasteiger partial charge on any atom is -0.0885 e. The van der Waals surface area contributed by atoms with Crippen molar-refractivity contribution in [1.29, 1.82) is 0 Å². The molecular weight excluding hydrogens is 120 g/mol. The average Bonchev–Trinajstić information content (AvgIpc) is 1.97. The van der Waals surface area contributed by atoms with Crippen LogP contribution in [0, 0.1) is 0 Å². The zero-order valence-electron chi connectivity index (χ0n) is 7.14. The maximum atomic E-state index is 2.25. The van der Waals surface area contributed by atoms with Gasteiger partial charge in [0.15, 0.2) is 0 Å². The summed E-state index contributed by atoms with van der Waals surface area (Å²) in [6.45, 7) is 4.36. The van der Waals surface area contributed by atoms with Gasteiger partial charge in [-0.15, -0.1) is 0 Å². The molecule has 0 saturated heterocycles. The average molecular weight is 138 g/mol. The third kappa shape index (κ3) is 7.48. The van der Waals surface area contributed by atoms with Crippen LogP contribution in [-0.4, -0.2) is 0 Å². The van der Waals surface area contributed by atoms with E-state index in [1.165, 1.54) is 12.8 Å². The van der Waals surface area contributed by atoms with Gasteiger partial charge in [0, 0.05) is 0 Å². The van der Waals surface area contributed by atoms with Crippen LogP contribution in [0.15, 0.2) is 24.3 Å². The van der Waals surface area contributed by atoms with Crippen LogP contribution in [0.3, 0.4) is 0 Å². The van der Waals surface area contributed by atoms with Gasteiger partial charge in [-0.1, -0.05) is 44.6 Å². The standard InChI is InChI=1S/C10H18/c1-3-5-7-9-10-8-6-4-2/h5,7-8,10H,3-4,6,9H2,1-2H3. The van der Waals surface area contributed by atoms with E-state index in [0.717, 1.165) is 12.8 Å². The lowest BCUT2D eigenvalue weighted by Crippen LogP contribution is -1.62. The fourth-order valence-corrected chi connectivity index (χ4v) is 0.722. The van der Waals surface area contributed by atoms with Crippen LogP contribution >= 0.6 is 0 Å². The topological polar surface area (TPSA) is 0 Å². The van der Waals surface area contributed by atoms with E-state index in [-0.39, 0.29) is 0 Å². The first-order chi connectivity index (χ1) is 4.91. The van der Waals surface area contributed by atoms with Crippen LogP contribution < -0.4 is 0 Å². The molecule has 0 fully saturated rings. The highest BCUT2D eigenvalue weighted by Gasteiger charge is 1.71. The quantitative estimate of drug-likeness (QED) is 0.508. The van der Waals surface area contributed by atoms with Gasteiger partial charge >= 0.3 is 0 Å². The Bertz CT molecular complexity index is 98.6. The van der Waals surface area contributed by atoms with E-state index in [1.807, 2.05) is 0 Å². The third-order valence-corrected chi connectivity index (χ3v) is 1.30. The lowest BCUT2D eigenvalue weighted by atomic mass is 10.2. The summed E-state index contributed by atoms with van der Waals surface area (Å²) in [5.74, 6) is 0. The zero-order chi connectivity index (χ0) is 7.66. The number of rotatable bonds is 5. The fourth-order valence-electron chi connectivity index (χ4n) is 0.722. The largest absolute Gasteiger partial charge is 0.0885 e. The molecule has 0 unspecified atom stereocenters. The van der Waals surface area contributed by atoms with E-state index in [2.05, 4.69) is 38.2 Å². The van der Waals surface area contributed by atoms with Crippen LogP contribution in [0.4, 0.5) is 0 Å². The van der Waals surface area contributed by atoms with Gasteiger partial charge < -0.3 is 0 Å². The number of unbranched alkanes of at least 4 members (excludes halogenated alkanes) is 1. The van der Waals surface area contributed by atoms with Crippen molar-refractivity contribution in [1.82, 2.24) is 0 Å². The van der Waals surface area contributed by atoms with Crippen molar-refractivity contribution in [2.75, 3.05) is 0 Å². The van der Waals surface area contributed by atoms with Gasteiger partial charge in [-0.2, -0.15) is 0 Å². The van der Waals surface area contributed by atoms with Gasteiger partial charge in [-0.3, -0.25) is 0 Å². The van der Waals surface area contributed by atoms with Crippen LogP contribution in [0.1, 0.15) is 39.5 Å². The molecule has 0 N–H and O–H groups in total. The van der Waals surface area contributed by atoms with Crippen molar-refractivity contribution in [3.63, 3.8) is 0 Å². The van der Waals surface area contributed by atoms with Gasteiger partial charge in [0.25, 0.3) is 0 Å². The zero-order valence-corrected chi connectivity index (χ0v) is 7.14. The minimum atomic E-state index is 1.10. The lowest BCUT2D eigenvalue weighted by molar-refractivity contribution is 0.954. The molecule has 0 atom stereocenters. The molecule has 0 bridgehead atoms. The molecule has 0 aromatic rings. The van der Waals surface area contributed by atoms with Crippen molar-refractivity contribution >= 4 is 0 Å². The van der Waals surface area contributed by atoms with Gasteiger partial charge in [0.1, 0.15) is 0 Å². The first-order valence-electron chi connectivity index (χ1n) is 4.21.